The fraction of sp³-hybridized carbons (Fsp3) is 0.485. The summed E-state index contributed by atoms with van der Waals surface area (Å²) in [6.07, 6.45) is 12.1. The third-order valence-electron chi connectivity index (χ3n) is 9.56. The molecule has 3 aliphatic rings. The number of aromatic carboxylic acids is 1. The van der Waals surface area contributed by atoms with Crippen LogP contribution in [0.25, 0.3) is 10.4 Å². The minimum Gasteiger partial charge on any atom is -0.477 e. The number of anilines is 2. The van der Waals surface area contributed by atoms with Crippen LogP contribution in [-0.4, -0.2) is 66.9 Å². The molecule has 11 heteroatoms. The molecule has 0 radical (unpaired) electrons. The molecular weight excluding hydrogens is 597 g/mol. The van der Waals surface area contributed by atoms with Crippen molar-refractivity contribution in [1.82, 2.24) is 9.29 Å². The molecule has 0 spiro atoms. The van der Waals surface area contributed by atoms with Crippen LogP contribution >= 0.6 is 11.3 Å². The molecule has 1 unspecified atom stereocenters. The van der Waals surface area contributed by atoms with E-state index in [1.54, 1.807) is 23.1 Å². The van der Waals surface area contributed by atoms with Gasteiger partial charge in [0.15, 0.2) is 0 Å². The molecule has 2 saturated carbocycles. The van der Waals surface area contributed by atoms with Crippen LogP contribution in [0.1, 0.15) is 73.9 Å². The predicted molar refractivity (Wildman–Crippen MR) is 173 cm³/mol. The lowest BCUT2D eigenvalue weighted by Gasteiger charge is -2.44. The molecular formula is C33H40N4O5S2. The van der Waals surface area contributed by atoms with Gasteiger partial charge in [0, 0.05) is 30.7 Å². The number of benzene rings is 1. The number of aromatic nitrogens is 1. The number of carboxylic acid groups (broad SMARTS) is 1. The van der Waals surface area contributed by atoms with Gasteiger partial charge in [0.1, 0.15) is 15.6 Å². The summed E-state index contributed by atoms with van der Waals surface area (Å²) in [5.74, 6) is -0.694. The number of rotatable bonds is 8. The Morgan fingerprint density at radius 3 is 2.30 bits per heavy atom. The van der Waals surface area contributed by atoms with Crippen LogP contribution < -0.4 is 9.80 Å². The van der Waals surface area contributed by atoms with E-state index >= 15 is 0 Å². The fourth-order valence-electron chi connectivity index (χ4n) is 7.14. The fourth-order valence-corrected chi connectivity index (χ4v) is 9.49. The normalized spacial score (nSPS) is 21.0. The summed E-state index contributed by atoms with van der Waals surface area (Å²) < 4.78 is 29.2. The van der Waals surface area contributed by atoms with Gasteiger partial charge < -0.3 is 14.9 Å². The summed E-state index contributed by atoms with van der Waals surface area (Å²) in [6, 6.07) is 14.6. The van der Waals surface area contributed by atoms with Gasteiger partial charge in [0.25, 0.3) is 0 Å². The van der Waals surface area contributed by atoms with E-state index in [1.165, 1.54) is 29.8 Å². The molecule has 1 N–H and O–H groups in total. The van der Waals surface area contributed by atoms with Gasteiger partial charge in [0.2, 0.25) is 15.9 Å². The Morgan fingerprint density at radius 1 is 0.977 bits per heavy atom. The third-order valence-corrected chi connectivity index (χ3v) is 12.5. The van der Waals surface area contributed by atoms with Crippen LogP contribution in [-0.2, 0) is 14.8 Å². The van der Waals surface area contributed by atoms with Gasteiger partial charge in [-0.25, -0.2) is 18.2 Å². The van der Waals surface area contributed by atoms with Gasteiger partial charge in [-0.2, -0.15) is 4.31 Å². The smallest absolute Gasteiger partial charge is 0.348 e. The quantitative estimate of drug-likeness (QED) is 0.311. The number of piperazine rings is 1. The number of pyridine rings is 1. The topological polar surface area (TPSA) is 111 Å². The maximum absolute atomic E-state index is 14.0. The highest BCUT2D eigenvalue weighted by molar-refractivity contribution is 7.89. The largest absolute Gasteiger partial charge is 0.477 e. The van der Waals surface area contributed by atoms with Crippen molar-refractivity contribution < 1.29 is 23.1 Å². The number of carbonyl (C=O) groups is 2. The molecule has 234 valence electrons. The number of sulfonamides is 1. The Hall–Kier alpha value is -3.28. The van der Waals surface area contributed by atoms with E-state index in [0.717, 1.165) is 72.5 Å². The van der Waals surface area contributed by atoms with Crippen molar-refractivity contribution in [1.29, 1.82) is 0 Å². The first kappa shape index (κ1) is 30.7. The molecule has 44 heavy (non-hydrogen) atoms. The van der Waals surface area contributed by atoms with Crippen molar-refractivity contribution >= 4 is 44.7 Å². The molecule has 9 nitrogen and oxygen atoms in total. The van der Waals surface area contributed by atoms with Crippen molar-refractivity contribution in [2.24, 2.45) is 5.92 Å². The summed E-state index contributed by atoms with van der Waals surface area (Å²) in [5, 5.41) is 10.2. The molecule has 2 aromatic heterocycles. The minimum atomic E-state index is -4.01. The Balaban J connectivity index is 1.30. The number of nitrogens with zero attached hydrogens (tertiary/aromatic N) is 4. The second kappa shape index (κ2) is 13.0. The zero-order valence-electron chi connectivity index (χ0n) is 25.1. The van der Waals surface area contributed by atoms with Gasteiger partial charge >= 0.3 is 5.97 Å². The molecule has 0 bridgehead atoms. The summed E-state index contributed by atoms with van der Waals surface area (Å²) in [7, 11) is -2.00. The molecule has 1 aliphatic heterocycles. The highest BCUT2D eigenvalue weighted by atomic mass is 32.2. The van der Waals surface area contributed by atoms with Crippen LogP contribution in [0.5, 0.6) is 0 Å². The Morgan fingerprint density at radius 2 is 1.66 bits per heavy atom. The molecule has 1 aromatic carbocycles. The lowest BCUT2D eigenvalue weighted by atomic mass is 9.82. The highest BCUT2D eigenvalue weighted by Gasteiger charge is 2.44. The number of carbonyl (C=O) groups excluding carboxylic acids is 1. The van der Waals surface area contributed by atoms with Crippen molar-refractivity contribution in [3.8, 4) is 10.4 Å². The van der Waals surface area contributed by atoms with E-state index in [4.69, 9.17) is 0 Å². The lowest BCUT2D eigenvalue weighted by molar-refractivity contribution is -0.121. The van der Waals surface area contributed by atoms with Gasteiger partial charge in [-0.1, -0.05) is 68.9 Å². The van der Waals surface area contributed by atoms with Crippen molar-refractivity contribution in [3.63, 3.8) is 0 Å². The van der Waals surface area contributed by atoms with Crippen molar-refractivity contribution in [2.45, 2.75) is 81.2 Å². The van der Waals surface area contributed by atoms with Crippen LogP contribution in [0.2, 0.25) is 0 Å². The van der Waals surface area contributed by atoms with Crippen LogP contribution in [0.15, 0.2) is 59.6 Å². The monoisotopic (exact) mass is 636 g/mol. The maximum atomic E-state index is 14.0. The van der Waals surface area contributed by atoms with Gasteiger partial charge in [-0.3, -0.25) is 4.79 Å². The zero-order valence-corrected chi connectivity index (χ0v) is 26.7. The summed E-state index contributed by atoms with van der Waals surface area (Å²) in [6.45, 7) is -0.247. The molecule has 2 aliphatic carbocycles. The van der Waals surface area contributed by atoms with E-state index in [0.29, 0.717) is 11.7 Å². The molecule has 3 aromatic rings. The SMILES string of the molecule is CN(c1ccc(S(=O)(=O)N2CC(=O)N(c3cc(-c4ccccc4)sc3C(=O)O)C(C3CCCCC3)C2)cn1)C1CCCCC1. The number of thiophene rings is 1. The van der Waals surface area contributed by atoms with Gasteiger partial charge in [-0.05, 0) is 55.4 Å². The Bertz CT molecular complexity index is 1580. The summed E-state index contributed by atoms with van der Waals surface area (Å²) in [4.78, 5) is 35.6. The number of carboxylic acids is 1. The first-order valence-corrected chi connectivity index (χ1v) is 17.9. The zero-order chi connectivity index (χ0) is 30.8. The van der Waals surface area contributed by atoms with E-state index < -0.39 is 27.9 Å². The van der Waals surface area contributed by atoms with Crippen molar-refractivity contribution in [2.75, 3.05) is 29.9 Å². The predicted octanol–water partition coefficient (Wildman–Crippen LogP) is 6.26. The highest BCUT2D eigenvalue weighted by Crippen LogP contribution is 2.42. The maximum Gasteiger partial charge on any atom is 0.348 e. The van der Waals surface area contributed by atoms with Crippen LogP contribution in [0.4, 0.5) is 11.5 Å². The number of amides is 1. The molecule has 1 atom stereocenters. The lowest BCUT2D eigenvalue weighted by Crippen LogP contribution is -2.60. The molecule has 1 saturated heterocycles. The van der Waals surface area contributed by atoms with Gasteiger partial charge in [0.05, 0.1) is 18.3 Å². The van der Waals surface area contributed by atoms with Crippen molar-refractivity contribution in [3.05, 3.63) is 59.6 Å². The average Bonchev–Trinajstić information content (AvgIpc) is 3.51. The van der Waals surface area contributed by atoms with E-state index in [9.17, 15) is 23.1 Å². The van der Waals surface area contributed by atoms with Crippen LogP contribution in [0.3, 0.4) is 0 Å². The second-order valence-corrected chi connectivity index (χ2v) is 15.3. The first-order chi connectivity index (χ1) is 21.2. The van der Waals surface area contributed by atoms with Gasteiger partial charge in [-0.15, -0.1) is 11.3 Å². The number of hydrogen-bond acceptors (Lipinski definition) is 7. The third kappa shape index (κ3) is 6.14. The van der Waals surface area contributed by atoms with E-state index in [2.05, 4.69) is 9.88 Å². The molecule has 3 heterocycles. The second-order valence-electron chi connectivity index (χ2n) is 12.3. The Kier molecular flexibility index (Phi) is 9.07. The Labute approximate surface area is 263 Å². The minimum absolute atomic E-state index is 0.0649. The average molecular weight is 637 g/mol. The van der Waals surface area contributed by atoms with Crippen LogP contribution in [0, 0.1) is 5.92 Å². The summed E-state index contributed by atoms with van der Waals surface area (Å²) in [5.41, 5.74) is 1.23. The number of hydrogen-bond donors (Lipinski definition) is 1. The molecule has 3 fully saturated rings. The van der Waals surface area contributed by atoms with E-state index in [1.807, 2.05) is 37.4 Å². The molecule has 1 amide bonds. The van der Waals surface area contributed by atoms with E-state index in [-0.39, 0.29) is 28.8 Å². The standard InChI is InChI=1S/C33H40N4O5S2/c1-35(25-15-9-4-10-16-25)30-18-17-26(20-34-30)44(41,42)36-21-28(23-11-5-2-6-12-23)37(31(38)22-36)27-19-29(43-32(27)33(39)40)24-13-7-3-8-14-24/h3,7-8,13-14,17-20,23,25,28H,2,4-6,9-12,15-16,21-22H2,1H3,(H,39,40). The summed E-state index contributed by atoms with van der Waals surface area (Å²) >= 11 is 1.14. The molecule has 6 rings (SSSR count). The first-order valence-electron chi connectivity index (χ1n) is 15.7.